The number of rotatable bonds is 6. The quantitative estimate of drug-likeness (QED) is 0.518. The van der Waals surface area contributed by atoms with Crippen molar-refractivity contribution in [3.63, 3.8) is 0 Å². The molecule has 0 aliphatic carbocycles. The highest BCUT2D eigenvalue weighted by Crippen LogP contribution is 2.17. The first-order chi connectivity index (χ1) is 6.84. The van der Waals surface area contributed by atoms with Gasteiger partial charge in [0.05, 0.1) is 0 Å². The van der Waals surface area contributed by atoms with Gasteiger partial charge in [0.25, 0.3) is 0 Å². The van der Waals surface area contributed by atoms with Gasteiger partial charge < -0.3 is 4.79 Å². The summed E-state index contributed by atoms with van der Waals surface area (Å²) in [5.41, 5.74) is 1.21. The number of carbonyl (C=O) groups excluding carboxylic acids is 1. The summed E-state index contributed by atoms with van der Waals surface area (Å²) in [5.74, 6) is 0. The molecule has 0 fully saturated rings. The minimum absolute atomic E-state index is 0.683. The second-order valence-corrected chi connectivity index (χ2v) is 3.76. The fraction of sp³-hybridized carbons (Fsp3) is 0.417. The van der Waals surface area contributed by atoms with Crippen molar-refractivity contribution < 1.29 is 4.79 Å². The summed E-state index contributed by atoms with van der Waals surface area (Å²) in [5, 5.41) is 0.850. The number of benzene rings is 1. The van der Waals surface area contributed by atoms with Gasteiger partial charge in [0, 0.05) is 11.4 Å². The van der Waals surface area contributed by atoms with Crippen molar-refractivity contribution in [3.05, 3.63) is 34.9 Å². The first-order valence-corrected chi connectivity index (χ1v) is 5.39. The summed E-state index contributed by atoms with van der Waals surface area (Å²) in [6.07, 6.45) is 5.88. The maximum absolute atomic E-state index is 10.1. The van der Waals surface area contributed by atoms with Gasteiger partial charge in [-0.2, -0.15) is 0 Å². The number of unbranched alkanes of at least 4 members (excludes halogenated alkanes) is 3. The van der Waals surface area contributed by atoms with E-state index < -0.39 is 0 Å². The molecule has 1 aromatic rings. The largest absolute Gasteiger partial charge is 0.303 e. The molecule has 0 radical (unpaired) electrons. The van der Waals surface area contributed by atoms with E-state index in [0.717, 1.165) is 37.0 Å². The molecule has 0 saturated heterocycles. The van der Waals surface area contributed by atoms with Crippen LogP contribution in [0.4, 0.5) is 0 Å². The average Bonchev–Trinajstić information content (AvgIpc) is 2.20. The zero-order valence-corrected chi connectivity index (χ0v) is 8.96. The minimum atomic E-state index is 0.683. The molecule has 1 rings (SSSR count). The molecule has 0 saturated carbocycles. The normalized spacial score (nSPS) is 10.1. The Balaban J connectivity index is 2.24. The zero-order valence-electron chi connectivity index (χ0n) is 8.21. The van der Waals surface area contributed by atoms with Crippen LogP contribution in [-0.4, -0.2) is 6.29 Å². The maximum Gasteiger partial charge on any atom is 0.119 e. The zero-order chi connectivity index (χ0) is 10.2. The number of halogens is 1. The van der Waals surface area contributed by atoms with Crippen LogP contribution in [0.25, 0.3) is 0 Å². The summed E-state index contributed by atoms with van der Waals surface area (Å²) >= 11 is 6.01. The Labute approximate surface area is 90.1 Å². The highest BCUT2D eigenvalue weighted by Gasteiger charge is 1.97. The highest BCUT2D eigenvalue weighted by molar-refractivity contribution is 6.31. The topological polar surface area (TPSA) is 17.1 Å². The highest BCUT2D eigenvalue weighted by atomic mass is 35.5. The Morgan fingerprint density at radius 3 is 2.64 bits per heavy atom. The van der Waals surface area contributed by atoms with Gasteiger partial charge in [0.2, 0.25) is 0 Å². The third-order valence-electron chi connectivity index (χ3n) is 2.23. The first kappa shape index (κ1) is 11.3. The van der Waals surface area contributed by atoms with E-state index in [-0.39, 0.29) is 0 Å². The van der Waals surface area contributed by atoms with E-state index in [2.05, 4.69) is 6.07 Å². The van der Waals surface area contributed by atoms with Crippen molar-refractivity contribution in [2.45, 2.75) is 32.1 Å². The number of aryl methyl sites for hydroxylation is 1. The molecule has 0 amide bonds. The summed E-state index contributed by atoms with van der Waals surface area (Å²) in [7, 11) is 0. The fourth-order valence-electron chi connectivity index (χ4n) is 1.42. The molecular weight excluding hydrogens is 196 g/mol. The van der Waals surface area contributed by atoms with E-state index in [0.29, 0.717) is 6.42 Å². The molecule has 14 heavy (non-hydrogen) atoms. The molecule has 2 heteroatoms. The minimum Gasteiger partial charge on any atom is -0.303 e. The van der Waals surface area contributed by atoms with Crippen LogP contribution in [-0.2, 0) is 11.2 Å². The van der Waals surface area contributed by atoms with Crippen LogP contribution < -0.4 is 0 Å². The van der Waals surface area contributed by atoms with Crippen molar-refractivity contribution in [2.24, 2.45) is 0 Å². The Morgan fingerprint density at radius 1 is 1.14 bits per heavy atom. The number of carbonyl (C=O) groups is 1. The molecule has 0 spiro atoms. The molecule has 0 bridgehead atoms. The van der Waals surface area contributed by atoms with E-state index in [1.807, 2.05) is 18.2 Å². The van der Waals surface area contributed by atoms with Gasteiger partial charge in [-0.3, -0.25) is 0 Å². The van der Waals surface area contributed by atoms with E-state index >= 15 is 0 Å². The maximum atomic E-state index is 10.1. The van der Waals surface area contributed by atoms with Crippen LogP contribution in [0.3, 0.4) is 0 Å². The summed E-state index contributed by atoms with van der Waals surface area (Å²) < 4.78 is 0. The number of hydrogen-bond acceptors (Lipinski definition) is 1. The predicted octanol–water partition coefficient (Wildman–Crippen LogP) is 3.64. The first-order valence-electron chi connectivity index (χ1n) is 5.01. The van der Waals surface area contributed by atoms with Crippen LogP contribution in [0, 0.1) is 0 Å². The van der Waals surface area contributed by atoms with Gasteiger partial charge in [0.1, 0.15) is 6.29 Å². The molecule has 1 aromatic carbocycles. The standard InChI is InChI=1S/C12H15ClO/c13-12-9-5-4-8-11(12)7-3-1-2-6-10-14/h4-5,8-10H,1-3,6-7H2. The lowest BCUT2D eigenvalue weighted by molar-refractivity contribution is -0.107. The predicted molar refractivity (Wildman–Crippen MR) is 59.7 cm³/mol. The second-order valence-electron chi connectivity index (χ2n) is 3.36. The Hall–Kier alpha value is -0.820. The lowest BCUT2D eigenvalue weighted by Crippen LogP contribution is -1.87. The summed E-state index contributed by atoms with van der Waals surface area (Å²) in [6, 6.07) is 7.93. The second kappa shape index (κ2) is 6.61. The molecule has 0 N–H and O–H groups in total. The molecule has 0 heterocycles. The van der Waals surface area contributed by atoms with Crippen molar-refractivity contribution >= 4 is 17.9 Å². The lowest BCUT2D eigenvalue weighted by Gasteiger charge is -2.02. The van der Waals surface area contributed by atoms with Crippen LogP contribution in [0.15, 0.2) is 24.3 Å². The van der Waals surface area contributed by atoms with E-state index in [4.69, 9.17) is 11.6 Å². The molecule has 0 atom stereocenters. The molecule has 0 unspecified atom stereocenters. The van der Waals surface area contributed by atoms with Gasteiger partial charge in [-0.15, -0.1) is 0 Å². The summed E-state index contributed by atoms with van der Waals surface area (Å²) in [6.45, 7) is 0. The molecular formula is C12H15ClO. The monoisotopic (exact) mass is 210 g/mol. The van der Waals surface area contributed by atoms with Gasteiger partial charge in [-0.05, 0) is 30.9 Å². The molecule has 76 valence electrons. The van der Waals surface area contributed by atoms with Crippen molar-refractivity contribution in [1.29, 1.82) is 0 Å². The van der Waals surface area contributed by atoms with E-state index in [9.17, 15) is 4.79 Å². The molecule has 0 aliphatic heterocycles. The van der Waals surface area contributed by atoms with Crippen molar-refractivity contribution in [1.82, 2.24) is 0 Å². The Bertz CT molecular complexity index is 283. The average molecular weight is 211 g/mol. The van der Waals surface area contributed by atoms with Gasteiger partial charge in [-0.25, -0.2) is 0 Å². The SMILES string of the molecule is O=CCCCCCc1ccccc1Cl. The van der Waals surface area contributed by atoms with Gasteiger partial charge in [0.15, 0.2) is 0 Å². The van der Waals surface area contributed by atoms with Crippen LogP contribution >= 0.6 is 11.6 Å². The van der Waals surface area contributed by atoms with Crippen LogP contribution in [0.2, 0.25) is 5.02 Å². The Kier molecular flexibility index (Phi) is 5.31. The molecule has 0 aliphatic rings. The van der Waals surface area contributed by atoms with Gasteiger partial charge >= 0.3 is 0 Å². The van der Waals surface area contributed by atoms with E-state index in [1.54, 1.807) is 0 Å². The third kappa shape index (κ3) is 3.93. The smallest absolute Gasteiger partial charge is 0.119 e. The van der Waals surface area contributed by atoms with Crippen LogP contribution in [0.1, 0.15) is 31.2 Å². The lowest BCUT2D eigenvalue weighted by atomic mass is 10.1. The van der Waals surface area contributed by atoms with Crippen molar-refractivity contribution in [3.8, 4) is 0 Å². The van der Waals surface area contributed by atoms with Crippen molar-refractivity contribution in [2.75, 3.05) is 0 Å². The van der Waals surface area contributed by atoms with E-state index in [1.165, 1.54) is 5.56 Å². The Morgan fingerprint density at radius 2 is 1.93 bits per heavy atom. The van der Waals surface area contributed by atoms with Crippen LogP contribution in [0.5, 0.6) is 0 Å². The summed E-state index contributed by atoms with van der Waals surface area (Å²) in [4.78, 5) is 10.1. The molecule has 1 nitrogen and oxygen atoms in total. The fourth-order valence-corrected chi connectivity index (χ4v) is 1.65. The number of aldehydes is 1. The van der Waals surface area contributed by atoms with Gasteiger partial charge in [-0.1, -0.05) is 36.2 Å². The third-order valence-corrected chi connectivity index (χ3v) is 2.59. The molecule has 0 aromatic heterocycles. The number of hydrogen-bond donors (Lipinski definition) is 0.